The SMILES string of the molecule is Nc1nc2c(nc3n2[C@@H]2O[C@H](CO)[C@@H](O)[C@@H]2N3)c(=O)[nH]1. The van der Waals surface area contributed by atoms with Gasteiger partial charge in [-0.15, -0.1) is 0 Å². The topological polar surface area (TPSA) is 151 Å². The molecule has 4 heterocycles. The van der Waals surface area contributed by atoms with Crippen molar-refractivity contribution in [3.8, 4) is 0 Å². The van der Waals surface area contributed by atoms with Gasteiger partial charge in [0.15, 0.2) is 17.4 Å². The molecule has 10 nitrogen and oxygen atoms in total. The molecule has 10 heteroatoms. The van der Waals surface area contributed by atoms with Gasteiger partial charge in [-0.25, -0.2) is 4.98 Å². The molecule has 1 saturated heterocycles. The van der Waals surface area contributed by atoms with Crippen molar-refractivity contribution in [2.24, 2.45) is 0 Å². The van der Waals surface area contributed by atoms with Gasteiger partial charge < -0.3 is 26.0 Å². The number of fused-ring (bicyclic) bond motifs is 5. The summed E-state index contributed by atoms with van der Waals surface area (Å²) < 4.78 is 7.16. The molecule has 2 aliphatic heterocycles. The number of anilines is 2. The lowest BCUT2D eigenvalue weighted by Gasteiger charge is -2.13. The normalized spacial score (nSPS) is 31.3. The van der Waals surface area contributed by atoms with Gasteiger partial charge >= 0.3 is 0 Å². The minimum atomic E-state index is -0.874. The van der Waals surface area contributed by atoms with Gasteiger partial charge in [0.1, 0.15) is 18.2 Å². The van der Waals surface area contributed by atoms with Crippen LogP contribution in [0.25, 0.3) is 11.2 Å². The number of nitrogens with one attached hydrogen (secondary N) is 2. The molecule has 20 heavy (non-hydrogen) atoms. The van der Waals surface area contributed by atoms with Crippen molar-refractivity contribution in [1.82, 2.24) is 19.5 Å². The van der Waals surface area contributed by atoms with E-state index in [-0.39, 0.29) is 23.7 Å². The standard InChI is InChI=1S/C10H12N6O4/c11-9-14-6-4(7(19)15-9)13-10-12-3-5(18)2(1-17)20-8(3)16(6)10/h2-3,5,8,17-18H,1H2,(H,12,13)(H3,11,14,15,19)/t2-,3+,5-,8-/m1/s1. The van der Waals surface area contributed by atoms with E-state index in [1.807, 2.05) is 0 Å². The molecule has 1 fully saturated rings. The molecule has 0 saturated carbocycles. The Balaban J connectivity index is 1.90. The number of nitrogen functional groups attached to an aromatic ring is 1. The van der Waals surface area contributed by atoms with Crippen LogP contribution < -0.4 is 16.6 Å². The van der Waals surface area contributed by atoms with Gasteiger partial charge in [-0.05, 0) is 0 Å². The largest absolute Gasteiger partial charge is 0.394 e. The molecule has 0 radical (unpaired) electrons. The van der Waals surface area contributed by atoms with Gasteiger partial charge in [0.25, 0.3) is 5.56 Å². The third-order valence-corrected chi connectivity index (χ3v) is 3.67. The van der Waals surface area contributed by atoms with Crippen molar-refractivity contribution in [3.63, 3.8) is 0 Å². The zero-order valence-electron chi connectivity index (χ0n) is 10.1. The number of nitrogens with two attached hydrogens (primary N) is 1. The molecule has 106 valence electrons. The predicted octanol–water partition coefficient (Wildman–Crippen LogP) is -2.25. The molecule has 0 amide bonds. The molecule has 0 aliphatic carbocycles. The second-order valence-corrected chi connectivity index (χ2v) is 4.84. The zero-order chi connectivity index (χ0) is 14.0. The van der Waals surface area contributed by atoms with Crippen LogP contribution in [0.2, 0.25) is 0 Å². The number of ether oxygens (including phenoxy) is 1. The number of aromatic nitrogens is 4. The number of rotatable bonds is 1. The fourth-order valence-corrected chi connectivity index (χ4v) is 2.77. The Morgan fingerprint density at radius 1 is 1.45 bits per heavy atom. The van der Waals surface area contributed by atoms with E-state index in [0.717, 1.165) is 0 Å². The van der Waals surface area contributed by atoms with Crippen LogP contribution in [-0.2, 0) is 4.74 Å². The minimum absolute atomic E-state index is 0.0223. The van der Waals surface area contributed by atoms with E-state index in [0.29, 0.717) is 5.95 Å². The molecule has 0 aromatic carbocycles. The fourth-order valence-electron chi connectivity index (χ4n) is 2.77. The number of nitrogens with zero attached hydrogens (tertiary/aromatic N) is 3. The van der Waals surface area contributed by atoms with Crippen LogP contribution in [0, 0.1) is 0 Å². The van der Waals surface area contributed by atoms with Crippen molar-refractivity contribution in [1.29, 1.82) is 0 Å². The highest BCUT2D eigenvalue weighted by Gasteiger charge is 2.50. The van der Waals surface area contributed by atoms with Crippen LogP contribution in [0.15, 0.2) is 4.79 Å². The Bertz CT molecular complexity index is 754. The van der Waals surface area contributed by atoms with E-state index in [4.69, 9.17) is 15.6 Å². The maximum absolute atomic E-state index is 11.8. The summed E-state index contributed by atoms with van der Waals surface area (Å²) in [5.41, 5.74) is 5.53. The highest BCUT2D eigenvalue weighted by atomic mass is 16.5. The highest BCUT2D eigenvalue weighted by molar-refractivity contribution is 5.76. The van der Waals surface area contributed by atoms with Crippen molar-refractivity contribution in [2.75, 3.05) is 17.7 Å². The number of aromatic amines is 1. The monoisotopic (exact) mass is 280 g/mol. The fraction of sp³-hybridized carbons (Fsp3) is 0.500. The van der Waals surface area contributed by atoms with E-state index >= 15 is 0 Å². The Hall–Kier alpha value is -2.17. The smallest absolute Gasteiger partial charge is 0.280 e. The molecule has 6 N–H and O–H groups in total. The molecular weight excluding hydrogens is 268 g/mol. The molecule has 2 aromatic heterocycles. The van der Waals surface area contributed by atoms with E-state index in [1.54, 1.807) is 4.57 Å². The van der Waals surface area contributed by atoms with Gasteiger partial charge in [0, 0.05) is 0 Å². The Morgan fingerprint density at radius 2 is 2.25 bits per heavy atom. The van der Waals surface area contributed by atoms with Crippen LogP contribution in [0.1, 0.15) is 6.23 Å². The molecule has 0 bridgehead atoms. The first-order valence-corrected chi connectivity index (χ1v) is 6.09. The predicted molar refractivity (Wildman–Crippen MR) is 67.0 cm³/mol. The molecule has 2 aromatic rings. The van der Waals surface area contributed by atoms with Gasteiger partial charge in [-0.3, -0.25) is 14.3 Å². The summed E-state index contributed by atoms with van der Waals surface area (Å²) in [6, 6.07) is -0.443. The number of hydrogen-bond donors (Lipinski definition) is 5. The summed E-state index contributed by atoms with van der Waals surface area (Å²) in [5, 5.41) is 22.2. The maximum atomic E-state index is 11.8. The molecular formula is C10H12N6O4. The molecule has 2 aliphatic rings. The van der Waals surface area contributed by atoms with Gasteiger partial charge in [-0.1, -0.05) is 0 Å². The average Bonchev–Trinajstić information content (AvgIpc) is 3.00. The maximum Gasteiger partial charge on any atom is 0.280 e. The Morgan fingerprint density at radius 3 is 3.00 bits per heavy atom. The van der Waals surface area contributed by atoms with E-state index < -0.39 is 30.0 Å². The second kappa shape index (κ2) is 3.69. The summed E-state index contributed by atoms with van der Waals surface area (Å²) in [6.45, 7) is -0.298. The summed E-state index contributed by atoms with van der Waals surface area (Å²) >= 11 is 0. The van der Waals surface area contributed by atoms with E-state index in [1.165, 1.54) is 0 Å². The van der Waals surface area contributed by atoms with E-state index in [2.05, 4.69) is 20.3 Å². The third kappa shape index (κ3) is 1.30. The van der Waals surface area contributed by atoms with Gasteiger partial charge in [0.2, 0.25) is 11.9 Å². The number of imidazole rings is 1. The first-order valence-electron chi connectivity index (χ1n) is 6.09. The number of hydrogen-bond acceptors (Lipinski definition) is 8. The average molecular weight is 280 g/mol. The van der Waals surface area contributed by atoms with Crippen LogP contribution in [-0.4, -0.2) is 54.6 Å². The van der Waals surface area contributed by atoms with Crippen molar-refractivity contribution < 1.29 is 14.9 Å². The third-order valence-electron chi connectivity index (χ3n) is 3.67. The quantitative estimate of drug-likeness (QED) is 0.393. The van der Waals surface area contributed by atoms with Crippen LogP contribution in [0.4, 0.5) is 11.9 Å². The van der Waals surface area contributed by atoms with Crippen LogP contribution in [0.5, 0.6) is 0 Å². The number of aliphatic hydroxyl groups excluding tert-OH is 2. The van der Waals surface area contributed by atoms with Crippen LogP contribution >= 0.6 is 0 Å². The lowest BCUT2D eigenvalue weighted by Crippen LogP contribution is -2.36. The van der Waals surface area contributed by atoms with Crippen molar-refractivity contribution in [3.05, 3.63) is 10.4 Å². The van der Waals surface area contributed by atoms with Gasteiger partial charge in [0.05, 0.1) is 6.61 Å². The molecule has 4 rings (SSSR count). The minimum Gasteiger partial charge on any atom is -0.394 e. The number of H-pyrrole nitrogens is 1. The Kier molecular flexibility index (Phi) is 2.14. The van der Waals surface area contributed by atoms with Crippen molar-refractivity contribution in [2.45, 2.75) is 24.5 Å². The lowest BCUT2D eigenvalue weighted by atomic mass is 10.1. The zero-order valence-corrected chi connectivity index (χ0v) is 10.1. The summed E-state index contributed by atoms with van der Waals surface area (Å²) in [5.74, 6) is 0.361. The molecule has 0 unspecified atom stereocenters. The Labute approximate surface area is 111 Å². The second-order valence-electron chi connectivity index (χ2n) is 4.84. The van der Waals surface area contributed by atoms with Crippen LogP contribution in [0.3, 0.4) is 0 Å². The number of aliphatic hydroxyl groups is 2. The lowest BCUT2D eigenvalue weighted by molar-refractivity contribution is -0.0416. The molecule has 0 spiro atoms. The van der Waals surface area contributed by atoms with Crippen molar-refractivity contribution >= 4 is 23.1 Å². The summed E-state index contributed by atoms with van der Waals surface area (Å²) in [6.07, 6.45) is -2.15. The van der Waals surface area contributed by atoms with E-state index in [9.17, 15) is 9.90 Å². The van der Waals surface area contributed by atoms with Gasteiger partial charge in [-0.2, -0.15) is 4.98 Å². The first-order chi connectivity index (χ1) is 9.60. The highest BCUT2D eigenvalue weighted by Crippen LogP contribution is 2.40. The summed E-state index contributed by atoms with van der Waals surface area (Å²) in [7, 11) is 0. The first kappa shape index (κ1) is 11.6. The molecule has 4 atom stereocenters. The summed E-state index contributed by atoms with van der Waals surface area (Å²) in [4.78, 5) is 22.3.